The van der Waals surface area contributed by atoms with Crippen LogP contribution in [0.4, 0.5) is 0 Å². The molecule has 14 heavy (non-hydrogen) atoms. The topological polar surface area (TPSA) is 33.4 Å². The number of benzene rings is 1. The predicted molar refractivity (Wildman–Crippen MR) is 53.8 cm³/mol. The summed E-state index contributed by atoms with van der Waals surface area (Å²) >= 11 is 0. The average molecular weight is 188 g/mol. The third kappa shape index (κ3) is 2.03. The molecule has 0 saturated heterocycles. The van der Waals surface area contributed by atoms with Crippen LogP contribution in [0.2, 0.25) is 0 Å². The number of furan rings is 1. The normalized spacial score (nSPS) is 12.6. The molecule has 0 spiro atoms. The highest BCUT2D eigenvalue weighted by molar-refractivity contribution is 5.18. The lowest BCUT2D eigenvalue weighted by molar-refractivity contribution is 0.170. The average Bonchev–Trinajstić information content (AvgIpc) is 2.72. The number of aliphatic hydroxyl groups is 1. The van der Waals surface area contributed by atoms with Gasteiger partial charge >= 0.3 is 0 Å². The van der Waals surface area contributed by atoms with Crippen molar-refractivity contribution >= 4 is 0 Å². The Hall–Kier alpha value is -1.54. The smallest absolute Gasteiger partial charge is 0.106 e. The van der Waals surface area contributed by atoms with E-state index < -0.39 is 6.10 Å². The van der Waals surface area contributed by atoms with Gasteiger partial charge in [0.2, 0.25) is 0 Å². The molecule has 72 valence electrons. The maximum Gasteiger partial charge on any atom is 0.106 e. The Balaban J connectivity index is 2.07. The van der Waals surface area contributed by atoms with Crippen molar-refractivity contribution < 1.29 is 9.52 Å². The molecule has 1 heterocycles. The molecule has 2 aromatic rings. The molecule has 0 aliphatic heterocycles. The third-order valence-corrected chi connectivity index (χ3v) is 2.16. The molecule has 2 rings (SSSR count). The largest absolute Gasteiger partial charge is 0.469 e. The summed E-state index contributed by atoms with van der Waals surface area (Å²) in [6, 6.07) is 13.3. The second-order valence-corrected chi connectivity index (χ2v) is 3.21. The summed E-state index contributed by atoms with van der Waals surface area (Å²) in [6.45, 7) is 0. The molecule has 0 aliphatic carbocycles. The summed E-state index contributed by atoms with van der Waals surface area (Å²) in [5.74, 6) is 0.807. The van der Waals surface area contributed by atoms with Crippen molar-refractivity contribution in [2.75, 3.05) is 0 Å². The first-order chi connectivity index (χ1) is 6.86. The van der Waals surface area contributed by atoms with E-state index in [1.165, 1.54) is 0 Å². The Morgan fingerprint density at radius 2 is 1.86 bits per heavy atom. The highest BCUT2D eigenvalue weighted by Gasteiger charge is 2.08. The molecule has 0 amide bonds. The zero-order chi connectivity index (χ0) is 9.80. The lowest BCUT2D eigenvalue weighted by atomic mass is 10.1. The maximum atomic E-state index is 9.83. The van der Waals surface area contributed by atoms with Crippen LogP contribution in [0, 0.1) is 0 Å². The van der Waals surface area contributed by atoms with E-state index in [2.05, 4.69) is 0 Å². The number of hydrogen-bond donors (Lipinski definition) is 1. The van der Waals surface area contributed by atoms with E-state index in [0.717, 1.165) is 11.3 Å². The van der Waals surface area contributed by atoms with Crippen molar-refractivity contribution in [3.63, 3.8) is 0 Å². The minimum atomic E-state index is -0.484. The van der Waals surface area contributed by atoms with Crippen LogP contribution >= 0.6 is 0 Å². The summed E-state index contributed by atoms with van der Waals surface area (Å²) < 4.78 is 5.17. The fourth-order valence-electron chi connectivity index (χ4n) is 1.41. The molecule has 1 N–H and O–H groups in total. The Morgan fingerprint density at radius 1 is 1.07 bits per heavy atom. The quantitative estimate of drug-likeness (QED) is 0.803. The minimum absolute atomic E-state index is 0.484. The van der Waals surface area contributed by atoms with Crippen LogP contribution in [0.15, 0.2) is 53.1 Å². The van der Waals surface area contributed by atoms with Gasteiger partial charge in [-0.15, -0.1) is 0 Å². The summed E-state index contributed by atoms with van der Waals surface area (Å²) in [5.41, 5.74) is 0.920. The molecule has 0 aliphatic rings. The highest BCUT2D eigenvalue weighted by Crippen LogP contribution is 2.17. The van der Waals surface area contributed by atoms with Crippen LogP contribution in [-0.2, 0) is 6.42 Å². The van der Waals surface area contributed by atoms with Crippen LogP contribution in [0.3, 0.4) is 0 Å². The van der Waals surface area contributed by atoms with Crippen LogP contribution in [0.1, 0.15) is 17.4 Å². The highest BCUT2D eigenvalue weighted by atomic mass is 16.3. The van der Waals surface area contributed by atoms with Gasteiger partial charge < -0.3 is 9.52 Å². The molecule has 0 saturated carbocycles. The van der Waals surface area contributed by atoms with Gasteiger partial charge in [0.25, 0.3) is 0 Å². The molecule has 1 aromatic carbocycles. The minimum Gasteiger partial charge on any atom is -0.469 e. The first kappa shape index (κ1) is 9.03. The lowest BCUT2D eigenvalue weighted by Gasteiger charge is -2.08. The molecule has 0 radical (unpaired) electrons. The van der Waals surface area contributed by atoms with Gasteiger partial charge in [-0.1, -0.05) is 30.3 Å². The number of rotatable bonds is 3. The van der Waals surface area contributed by atoms with Crippen LogP contribution < -0.4 is 0 Å². The monoisotopic (exact) mass is 188 g/mol. The van der Waals surface area contributed by atoms with Gasteiger partial charge in [0.05, 0.1) is 12.4 Å². The second kappa shape index (κ2) is 4.11. The SMILES string of the molecule is OC(Cc1ccco1)c1ccccc1. The Morgan fingerprint density at radius 3 is 2.50 bits per heavy atom. The van der Waals surface area contributed by atoms with E-state index in [1.807, 2.05) is 42.5 Å². The van der Waals surface area contributed by atoms with Gasteiger partial charge in [-0.05, 0) is 17.7 Å². The van der Waals surface area contributed by atoms with Gasteiger partial charge in [-0.25, -0.2) is 0 Å². The molecule has 1 atom stereocenters. The van der Waals surface area contributed by atoms with Gasteiger partial charge in [0.1, 0.15) is 5.76 Å². The van der Waals surface area contributed by atoms with Gasteiger partial charge in [0.15, 0.2) is 0 Å². The van der Waals surface area contributed by atoms with Crippen molar-refractivity contribution in [2.24, 2.45) is 0 Å². The zero-order valence-electron chi connectivity index (χ0n) is 7.76. The molecule has 1 aromatic heterocycles. The van der Waals surface area contributed by atoms with Gasteiger partial charge in [-0.3, -0.25) is 0 Å². The molecule has 1 unspecified atom stereocenters. The Labute approximate surface area is 82.8 Å². The summed E-state index contributed by atoms with van der Waals surface area (Å²) in [6.07, 6.45) is 1.66. The van der Waals surface area contributed by atoms with E-state index in [9.17, 15) is 5.11 Å². The van der Waals surface area contributed by atoms with Crippen molar-refractivity contribution in [1.29, 1.82) is 0 Å². The molecule has 2 heteroatoms. The van der Waals surface area contributed by atoms with E-state index in [0.29, 0.717) is 6.42 Å². The Kier molecular flexibility index (Phi) is 2.65. The molecule has 2 nitrogen and oxygen atoms in total. The second-order valence-electron chi connectivity index (χ2n) is 3.21. The summed E-state index contributed by atoms with van der Waals surface area (Å²) in [7, 11) is 0. The van der Waals surface area contributed by atoms with Crippen molar-refractivity contribution in [3.8, 4) is 0 Å². The van der Waals surface area contributed by atoms with E-state index in [1.54, 1.807) is 6.26 Å². The standard InChI is InChI=1S/C12H12O2/c13-12(9-11-7-4-8-14-11)10-5-2-1-3-6-10/h1-8,12-13H,9H2. The fourth-order valence-corrected chi connectivity index (χ4v) is 1.41. The van der Waals surface area contributed by atoms with E-state index >= 15 is 0 Å². The van der Waals surface area contributed by atoms with Crippen LogP contribution in [0.5, 0.6) is 0 Å². The first-order valence-corrected chi connectivity index (χ1v) is 4.61. The molecular weight excluding hydrogens is 176 g/mol. The van der Waals surface area contributed by atoms with Crippen molar-refractivity contribution in [2.45, 2.75) is 12.5 Å². The van der Waals surface area contributed by atoms with E-state index in [-0.39, 0.29) is 0 Å². The summed E-state index contributed by atoms with van der Waals surface area (Å²) in [5, 5.41) is 9.83. The lowest BCUT2D eigenvalue weighted by Crippen LogP contribution is -2.00. The van der Waals surface area contributed by atoms with Crippen molar-refractivity contribution in [3.05, 3.63) is 60.1 Å². The van der Waals surface area contributed by atoms with Crippen LogP contribution in [0.25, 0.3) is 0 Å². The molecular formula is C12H12O2. The third-order valence-electron chi connectivity index (χ3n) is 2.16. The van der Waals surface area contributed by atoms with Gasteiger partial charge in [-0.2, -0.15) is 0 Å². The predicted octanol–water partition coefficient (Wildman–Crippen LogP) is 2.56. The van der Waals surface area contributed by atoms with Crippen molar-refractivity contribution in [1.82, 2.24) is 0 Å². The maximum absolute atomic E-state index is 9.83. The zero-order valence-corrected chi connectivity index (χ0v) is 7.76. The van der Waals surface area contributed by atoms with E-state index in [4.69, 9.17) is 4.42 Å². The summed E-state index contributed by atoms with van der Waals surface area (Å²) in [4.78, 5) is 0. The first-order valence-electron chi connectivity index (χ1n) is 4.61. The molecule has 0 bridgehead atoms. The Bertz CT molecular complexity index is 364. The van der Waals surface area contributed by atoms with Gasteiger partial charge in [0, 0.05) is 6.42 Å². The van der Waals surface area contributed by atoms with Crippen LogP contribution in [-0.4, -0.2) is 5.11 Å². The fraction of sp³-hybridized carbons (Fsp3) is 0.167. The molecule has 0 fully saturated rings. The number of aliphatic hydroxyl groups excluding tert-OH is 1. The number of hydrogen-bond acceptors (Lipinski definition) is 2.